The SMILES string of the molecule is CC1CCC(CC(=O)NCC(N)c2ccccc2)C1. The van der Waals surface area contributed by atoms with Crippen molar-refractivity contribution in [3.05, 3.63) is 35.9 Å². The highest BCUT2D eigenvalue weighted by Gasteiger charge is 2.23. The Labute approximate surface area is 115 Å². The Kier molecular flexibility index (Phi) is 4.97. The van der Waals surface area contributed by atoms with E-state index in [2.05, 4.69) is 12.2 Å². The predicted octanol–water partition coefficient (Wildman–Crippen LogP) is 2.63. The molecule has 1 aromatic rings. The smallest absolute Gasteiger partial charge is 0.220 e. The minimum absolute atomic E-state index is 0.118. The van der Waals surface area contributed by atoms with E-state index < -0.39 is 0 Å². The van der Waals surface area contributed by atoms with Crippen molar-refractivity contribution in [3.8, 4) is 0 Å². The van der Waals surface area contributed by atoms with Gasteiger partial charge < -0.3 is 11.1 Å². The summed E-state index contributed by atoms with van der Waals surface area (Å²) in [5, 5.41) is 2.96. The third-order valence-corrected chi connectivity index (χ3v) is 4.02. The zero-order chi connectivity index (χ0) is 13.7. The minimum atomic E-state index is -0.118. The predicted molar refractivity (Wildman–Crippen MR) is 77.5 cm³/mol. The summed E-state index contributed by atoms with van der Waals surface area (Å²) in [7, 11) is 0. The molecule has 1 saturated carbocycles. The molecular weight excluding hydrogens is 236 g/mol. The van der Waals surface area contributed by atoms with E-state index in [4.69, 9.17) is 5.73 Å². The molecule has 3 nitrogen and oxygen atoms in total. The molecular formula is C16H24N2O. The second-order valence-electron chi connectivity index (χ2n) is 5.81. The molecule has 0 heterocycles. The van der Waals surface area contributed by atoms with Gasteiger partial charge in [-0.1, -0.05) is 43.7 Å². The van der Waals surface area contributed by atoms with Crippen LogP contribution in [0.3, 0.4) is 0 Å². The summed E-state index contributed by atoms with van der Waals surface area (Å²) in [6, 6.07) is 9.78. The Morgan fingerprint density at radius 2 is 2.11 bits per heavy atom. The van der Waals surface area contributed by atoms with E-state index in [1.54, 1.807) is 0 Å². The molecule has 1 aliphatic carbocycles. The number of rotatable bonds is 5. The lowest BCUT2D eigenvalue weighted by Crippen LogP contribution is -2.32. The van der Waals surface area contributed by atoms with Crippen molar-refractivity contribution < 1.29 is 4.79 Å². The van der Waals surface area contributed by atoms with E-state index >= 15 is 0 Å². The molecule has 0 aromatic heterocycles. The number of hydrogen-bond donors (Lipinski definition) is 2. The van der Waals surface area contributed by atoms with Gasteiger partial charge in [-0.25, -0.2) is 0 Å². The van der Waals surface area contributed by atoms with Crippen LogP contribution >= 0.6 is 0 Å². The van der Waals surface area contributed by atoms with Crippen LogP contribution in [0.25, 0.3) is 0 Å². The molecule has 1 aromatic carbocycles. The van der Waals surface area contributed by atoms with Gasteiger partial charge in [0.05, 0.1) is 0 Å². The van der Waals surface area contributed by atoms with E-state index in [1.807, 2.05) is 30.3 Å². The highest BCUT2D eigenvalue weighted by Crippen LogP contribution is 2.32. The maximum Gasteiger partial charge on any atom is 0.220 e. The van der Waals surface area contributed by atoms with Crippen LogP contribution in [0.5, 0.6) is 0 Å². The number of hydrogen-bond acceptors (Lipinski definition) is 2. The first-order valence-electron chi connectivity index (χ1n) is 7.22. The second kappa shape index (κ2) is 6.71. The molecule has 104 valence electrons. The summed E-state index contributed by atoms with van der Waals surface area (Å²) in [6.07, 6.45) is 4.31. The number of nitrogens with two attached hydrogens (primary N) is 1. The molecule has 0 radical (unpaired) electrons. The van der Waals surface area contributed by atoms with Crippen molar-refractivity contribution in [1.82, 2.24) is 5.32 Å². The van der Waals surface area contributed by atoms with Gasteiger partial charge in [-0.15, -0.1) is 0 Å². The largest absolute Gasteiger partial charge is 0.354 e. The van der Waals surface area contributed by atoms with Crippen LogP contribution in [0.1, 0.15) is 44.2 Å². The van der Waals surface area contributed by atoms with E-state index in [9.17, 15) is 4.79 Å². The molecule has 0 bridgehead atoms. The molecule has 1 amide bonds. The molecule has 3 heteroatoms. The summed E-state index contributed by atoms with van der Waals surface area (Å²) < 4.78 is 0. The fourth-order valence-electron chi connectivity index (χ4n) is 2.89. The summed E-state index contributed by atoms with van der Waals surface area (Å²) in [5.74, 6) is 1.50. The van der Waals surface area contributed by atoms with Crippen LogP contribution in [-0.2, 0) is 4.79 Å². The Hall–Kier alpha value is -1.35. The number of amides is 1. The van der Waals surface area contributed by atoms with Crippen LogP contribution in [-0.4, -0.2) is 12.5 Å². The number of benzene rings is 1. The highest BCUT2D eigenvalue weighted by atomic mass is 16.1. The van der Waals surface area contributed by atoms with Crippen molar-refractivity contribution in [2.24, 2.45) is 17.6 Å². The lowest BCUT2D eigenvalue weighted by molar-refractivity contribution is -0.122. The fraction of sp³-hybridized carbons (Fsp3) is 0.562. The van der Waals surface area contributed by atoms with Crippen molar-refractivity contribution >= 4 is 5.91 Å². The third kappa shape index (κ3) is 4.35. The van der Waals surface area contributed by atoms with Crippen molar-refractivity contribution in [1.29, 1.82) is 0 Å². The van der Waals surface area contributed by atoms with E-state index in [0.717, 1.165) is 11.5 Å². The summed E-state index contributed by atoms with van der Waals surface area (Å²) in [6.45, 7) is 2.79. The van der Waals surface area contributed by atoms with Crippen LogP contribution in [0.4, 0.5) is 0 Å². The van der Waals surface area contributed by atoms with Gasteiger partial charge in [0.1, 0.15) is 0 Å². The lowest BCUT2D eigenvalue weighted by Gasteiger charge is -2.14. The summed E-state index contributed by atoms with van der Waals surface area (Å²) in [4.78, 5) is 11.9. The van der Waals surface area contributed by atoms with Gasteiger partial charge in [0.15, 0.2) is 0 Å². The average Bonchev–Trinajstić information content (AvgIpc) is 2.82. The maximum atomic E-state index is 11.9. The quantitative estimate of drug-likeness (QED) is 0.855. The average molecular weight is 260 g/mol. The van der Waals surface area contributed by atoms with E-state index in [1.165, 1.54) is 19.3 Å². The van der Waals surface area contributed by atoms with E-state index in [0.29, 0.717) is 18.9 Å². The van der Waals surface area contributed by atoms with Gasteiger partial charge in [0, 0.05) is 19.0 Å². The molecule has 2 rings (SSSR count). The standard InChI is InChI=1S/C16H24N2O/c1-12-7-8-13(9-12)10-16(19)18-11-15(17)14-5-3-2-4-6-14/h2-6,12-13,15H,7-11,17H2,1H3,(H,18,19). The molecule has 0 saturated heterocycles. The fourth-order valence-corrected chi connectivity index (χ4v) is 2.89. The number of carbonyl (C=O) groups is 1. The first-order chi connectivity index (χ1) is 9.15. The van der Waals surface area contributed by atoms with Crippen LogP contribution < -0.4 is 11.1 Å². The Balaban J connectivity index is 1.71. The van der Waals surface area contributed by atoms with E-state index in [-0.39, 0.29) is 11.9 Å². The van der Waals surface area contributed by atoms with Crippen molar-refractivity contribution in [2.75, 3.05) is 6.54 Å². The lowest BCUT2D eigenvalue weighted by atomic mass is 10.0. The molecule has 0 spiro atoms. The zero-order valence-corrected chi connectivity index (χ0v) is 11.6. The second-order valence-corrected chi connectivity index (χ2v) is 5.81. The Morgan fingerprint density at radius 1 is 1.37 bits per heavy atom. The van der Waals surface area contributed by atoms with Crippen LogP contribution in [0, 0.1) is 11.8 Å². The van der Waals surface area contributed by atoms with Gasteiger partial charge in [-0.3, -0.25) is 4.79 Å². The summed E-state index contributed by atoms with van der Waals surface area (Å²) in [5.41, 5.74) is 7.13. The monoisotopic (exact) mass is 260 g/mol. The molecule has 3 N–H and O–H groups in total. The van der Waals surface area contributed by atoms with Crippen molar-refractivity contribution in [2.45, 2.75) is 38.6 Å². The van der Waals surface area contributed by atoms with Crippen molar-refractivity contribution in [3.63, 3.8) is 0 Å². The Bertz CT molecular complexity index is 404. The first kappa shape index (κ1) is 14.1. The normalized spacial score (nSPS) is 24.1. The van der Waals surface area contributed by atoms with Crippen LogP contribution in [0.2, 0.25) is 0 Å². The molecule has 3 unspecified atom stereocenters. The molecule has 0 aliphatic heterocycles. The number of nitrogens with one attached hydrogen (secondary N) is 1. The minimum Gasteiger partial charge on any atom is -0.354 e. The van der Waals surface area contributed by atoms with Crippen LogP contribution in [0.15, 0.2) is 30.3 Å². The van der Waals surface area contributed by atoms with Gasteiger partial charge in [-0.05, 0) is 30.2 Å². The maximum absolute atomic E-state index is 11.9. The third-order valence-electron chi connectivity index (χ3n) is 4.02. The van der Waals surface area contributed by atoms with Gasteiger partial charge in [-0.2, -0.15) is 0 Å². The molecule has 1 fully saturated rings. The molecule has 19 heavy (non-hydrogen) atoms. The van der Waals surface area contributed by atoms with Gasteiger partial charge >= 0.3 is 0 Å². The van der Waals surface area contributed by atoms with Gasteiger partial charge in [0.2, 0.25) is 5.91 Å². The topological polar surface area (TPSA) is 55.1 Å². The molecule has 3 atom stereocenters. The highest BCUT2D eigenvalue weighted by molar-refractivity contribution is 5.76. The molecule has 1 aliphatic rings. The summed E-state index contributed by atoms with van der Waals surface area (Å²) >= 11 is 0. The Morgan fingerprint density at radius 3 is 2.74 bits per heavy atom. The first-order valence-corrected chi connectivity index (χ1v) is 7.22. The number of carbonyl (C=O) groups excluding carboxylic acids is 1. The van der Waals surface area contributed by atoms with Gasteiger partial charge in [0.25, 0.3) is 0 Å². The zero-order valence-electron chi connectivity index (χ0n) is 11.6.